The van der Waals surface area contributed by atoms with E-state index in [4.69, 9.17) is 46.4 Å². The molecule has 12 heavy (non-hydrogen) atoms. The normalized spacial score (nSPS) is 9.42. The van der Waals surface area contributed by atoms with Crippen LogP contribution in [0.3, 0.4) is 0 Å². The van der Waals surface area contributed by atoms with Crippen molar-refractivity contribution < 1.29 is 19.5 Å². The predicted molar refractivity (Wildman–Crippen MR) is 53.7 cm³/mol. The Hall–Kier alpha value is 1.35. The Balaban J connectivity index is 0.00000121. The van der Waals surface area contributed by atoms with Crippen LogP contribution in [0.1, 0.15) is 0 Å². The third kappa shape index (κ3) is 2.67. The molecule has 0 fully saturated rings. The van der Waals surface area contributed by atoms with Crippen LogP contribution < -0.4 is 0 Å². The molecule has 0 radical (unpaired) electrons. The SMILES string of the molecule is Sc1c(Cl)cc(Cl)c(Cl)c1Cl.[Zn+2]. The second kappa shape index (κ2) is 5.29. The molecular weight excluding hydrogens is 311 g/mol. The van der Waals surface area contributed by atoms with Crippen molar-refractivity contribution in [3.63, 3.8) is 0 Å². The van der Waals surface area contributed by atoms with E-state index in [-0.39, 0.29) is 29.5 Å². The second-order valence-corrected chi connectivity index (χ2v) is 3.83. The standard InChI is InChI=1S/C6H2Cl4S.Zn/c7-2-1-3(8)6(11)5(10)4(2)9;/h1,11H;/q;+2. The molecule has 0 aromatic heterocycles. The summed E-state index contributed by atoms with van der Waals surface area (Å²) in [5.41, 5.74) is 0. The van der Waals surface area contributed by atoms with Gasteiger partial charge < -0.3 is 0 Å². The van der Waals surface area contributed by atoms with Gasteiger partial charge in [-0.25, -0.2) is 0 Å². The topological polar surface area (TPSA) is 0 Å². The van der Waals surface area contributed by atoms with Gasteiger partial charge in [-0.3, -0.25) is 0 Å². The summed E-state index contributed by atoms with van der Waals surface area (Å²) in [5, 5.41) is 1.29. The number of benzene rings is 1. The Bertz CT molecular complexity index is 276. The van der Waals surface area contributed by atoms with Gasteiger partial charge in [0.1, 0.15) is 0 Å². The molecule has 0 aliphatic heterocycles. The molecule has 0 saturated heterocycles. The molecular formula is C6H2Cl4SZn+2. The quantitative estimate of drug-likeness (QED) is 0.308. The minimum absolute atomic E-state index is 0. The van der Waals surface area contributed by atoms with Crippen LogP contribution in [0, 0.1) is 0 Å². The van der Waals surface area contributed by atoms with Gasteiger partial charge in [0.15, 0.2) is 0 Å². The van der Waals surface area contributed by atoms with Crippen molar-refractivity contribution in [3.8, 4) is 0 Å². The zero-order chi connectivity index (χ0) is 8.59. The molecule has 0 unspecified atom stereocenters. The van der Waals surface area contributed by atoms with E-state index in [2.05, 4.69) is 12.6 Å². The molecule has 1 rings (SSSR count). The average Bonchev–Trinajstić information content (AvgIpc) is 1.97. The first kappa shape index (κ1) is 13.4. The molecule has 0 N–H and O–H groups in total. The van der Waals surface area contributed by atoms with E-state index in [0.29, 0.717) is 14.9 Å². The van der Waals surface area contributed by atoms with Gasteiger partial charge >= 0.3 is 19.5 Å². The summed E-state index contributed by atoms with van der Waals surface area (Å²) in [4.78, 5) is 0.447. The van der Waals surface area contributed by atoms with Crippen LogP contribution in [0.15, 0.2) is 11.0 Å². The van der Waals surface area contributed by atoms with Crippen LogP contribution in [-0.4, -0.2) is 0 Å². The Morgan fingerprint density at radius 1 is 0.917 bits per heavy atom. The first-order valence-electron chi connectivity index (χ1n) is 2.56. The summed E-state index contributed by atoms with van der Waals surface area (Å²) in [6.07, 6.45) is 0. The van der Waals surface area contributed by atoms with Crippen molar-refractivity contribution in [2.75, 3.05) is 0 Å². The second-order valence-electron chi connectivity index (χ2n) is 1.82. The van der Waals surface area contributed by atoms with Gasteiger partial charge in [-0.05, 0) is 6.07 Å². The first-order valence-corrected chi connectivity index (χ1v) is 4.52. The third-order valence-corrected chi connectivity index (χ3v) is 3.38. The van der Waals surface area contributed by atoms with Gasteiger partial charge in [-0.15, -0.1) is 12.6 Å². The maximum Gasteiger partial charge on any atom is 2.00 e. The number of hydrogen-bond donors (Lipinski definition) is 1. The fourth-order valence-electron chi connectivity index (χ4n) is 0.557. The van der Waals surface area contributed by atoms with E-state index in [1.807, 2.05) is 0 Å². The van der Waals surface area contributed by atoms with Crippen molar-refractivity contribution in [3.05, 3.63) is 26.2 Å². The molecule has 0 saturated carbocycles. The van der Waals surface area contributed by atoms with Crippen LogP contribution in [0.25, 0.3) is 0 Å². The number of halogens is 4. The Morgan fingerprint density at radius 2 is 1.42 bits per heavy atom. The van der Waals surface area contributed by atoms with Crippen molar-refractivity contribution in [2.24, 2.45) is 0 Å². The Labute approximate surface area is 109 Å². The summed E-state index contributed by atoms with van der Waals surface area (Å²) in [5.74, 6) is 0. The molecule has 0 bridgehead atoms. The van der Waals surface area contributed by atoms with Gasteiger partial charge in [0.05, 0.1) is 20.1 Å². The fraction of sp³-hybridized carbons (Fsp3) is 0. The molecule has 0 atom stereocenters. The maximum atomic E-state index is 5.71. The maximum absolute atomic E-state index is 5.71. The van der Waals surface area contributed by atoms with Crippen LogP contribution in [0.4, 0.5) is 0 Å². The first-order chi connectivity index (χ1) is 5.04. The van der Waals surface area contributed by atoms with Gasteiger partial charge in [-0.1, -0.05) is 46.4 Å². The summed E-state index contributed by atoms with van der Waals surface area (Å²) < 4.78 is 0. The van der Waals surface area contributed by atoms with E-state index >= 15 is 0 Å². The molecule has 1 aromatic carbocycles. The molecule has 0 heterocycles. The van der Waals surface area contributed by atoms with E-state index in [0.717, 1.165) is 0 Å². The summed E-state index contributed by atoms with van der Waals surface area (Å²) in [6, 6.07) is 1.50. The van der Waals surface area contributed by atoms with E-state index in [1.165, 1.54) is 6.07 Å². The van der Waals surface area contributed by atoms with Crippen molar-refractivity contribution in [1.29, 1.82) is 0 Å². The third-order valence-electron chi connectivity index (χ3n) is 1.09. The van der Waals surface area contributed by atoms with Gasteiger partial charge in [0.2, 0.25) is 0 Å². The smallest absolute Gasteiger partial charge is 0.140 e. The van der Waals surface area contributed by atoms with Crippen LogP contribution in [-0.2, 0) is 19.5 Å². The fourth-order valence-corrected chi connectivity index (χ4v) is 1.71. The average molecular weight is 313 g/mol. The van der Waals surface area contributed by atoms with Crippen molar-refractivity contribution in [1.82, 2.24) is 0 Å². The van der Waals surface area contributed by atoms with Crippen LogP contribution in [0.2, 0.25) is 20.1 Å². The summed E-state index contributed by atoms with van der Waals surface area (Å²) in [7, 11) is 0. The predicted octanol–water partition coefficient (Wildman–Crippen LogP) is 4.59. The minimum atomic E-state index is 0. The molecule has 0 nitrogen and oxygen atoms in total. The Morgan fingerprint density at radius 3 is 1.92 bits per heavy atom. The molecule has 0 spiro atoms. The molecule has 0 aliphatic carbocycles. The number of hydrogen-bond acceptors (Lipinski definition) is 1. The molecule has 60 valence electrons. The van der Waals surface area contributed by atoms with Gasteiger partial charge in [-0.2, -0.15) is 0 Å². The number of thiol groups is 1. The van der Waals surface area contributed by atoms with Crippen LogP contribution in [0.5, 0.6) is 0 Å². The molecule has 0 amide bonds. The van der Waals surface area contributed by atoms with Gasteiger partial charge in [0, 0.05) is 4.90 Å². The van der Waals surface area contributed by atoms with E-state index in [1.54, 1.807) is 0 Å². The van der Waals surface area contributed by atoms with Gasteiger partial charge in [0.25, 0.3) is 0 Å². The minimum Gasteiger partial charge on any atom is -0.140 e. The molecule has 1 aromatic rings. The Kier molecular flexibility index (Phi) is 5.88. The molecule has 0 aliphatic rings. The zero-order valence-corrected chi connectivity index (χ0v) is 12.6. The van der Waals surface area contributed by atoms with Crippen molar-refractivity contribution >= 4 is 59.0 Å². The van der Waals surface area contributed by atoms with Crippen molar-refractivity contribution in [2.45, 2.75) is 4.90 Å². The number of rotatable bonds is 0. The zero-order valence-electron chi connectivity index (χ0n) is 5.74. The van der Waals surface area contributed by atoms with E-state index in [9.17, 15) is 0 Å². The monoisotopic (exact) mass is 310 g/mol. The molecule has 6 heteroatoms. The van der Waals surface area contributed by atoms with E-state index < -0.39 is 0 Å². The largest absolute Gasteiger partial charge is 2.00 e. The summed E-state index contributed by atoms with van der Waals surface area (Å²) in [6.45, 7) is 0. The van der Waals surface area contributed by atoms with Crippen LogP contribution >= 0.6 is 59.0 Å². The summed E-state index contributed by atoms with van der Waals surface area (Å²) >= 11 is 26.8.